The second-order valence-corrected chi connectivity index (χ2v) is 5.20. The molecule has 0 spiro atoms. The molecule has 1 rings (SSSR count). The number of likely N-dealkylation sites (N-methyl/N-ethyl adjacent to an activating group) is 2. The molecule has 108 valence electrons. The van der Waals surface area contributed by atoms with Crippen molar-refractivity contribution in [3.05, 3.63) is 27.3 Å². The highest BCUT2D eigenvalue weighted by Gasteiger charge is 2.16. The monoisotopic (exact) mass is 391 g/mol. The summed E-state index contributed by atoms with van der Waals surface area (Å²) in [6.07, 6.45) is 0. The molecule has 0 bridgehead atoms. The Morgan fingerprint density at radius 3 is 2.55 bits per heavy atom. The van der Waals surface area contributed by atoms with Crippen LogP contribution in [0.5, 0.6) is 0 Å². The van der Waals surface area contributed by atoms with Gasteiger partial charge in [-0.25, -0.2) is 9.59 Å². The zero-order chi connectivity index (χ0) is 15.3. The number of hydrogen-bond acceptors (Lipinski definition) is 3. The van der Waals surface area contributed by atoms with Crippen molar-refractivity contribution in [2.24, 2.45) is 0 Å². The quantitative estimate of drug-likeness (QED) is 0.672. The Kier molecular flexibility index (Phi) is 5.74. The number of aromatic carboxylic acids is 1. The van der Waals surface area contributed by atoms with Crippen molar-refractivity contribution in [1.29, 1.82) is 0 Å². The van der Waals surface area contributed by atoms with Gasteiger partial charge < -0.3 is 20.6 Å². The molecule has 20 heavy (non-hydrogen) atoms. The average Bonchev–Trinajstić information content (AvgIpc) is 2.40. The topological polar surface area (TPSA) is 98.7 Å². The smallest absolute Gasteiger partial charge is 0.337 e. The summed E-state index contributed by atoms with van der Waals surface area (Å²) in [5.41, 5.74) is 0.185. The summed E-state index contributed by atoms with van der Waals surface area (Å²) in [4.78, 5) is 35.3. The Labute approximate surface area is 129 Å². The number of carboxylic acids is 1. The van der Waals surface area contributed by atoms with E-state index in [1.54, 1.807) is 6.07 Å². The van der Waals surface area contributed by atoms with Crippen LogP contribution in [0.15, 0.2) is 18.2 Å². The summed E-state index contributed by atoms with van der Waals surface area (Å²) in [7, 11) is 2.91. The standard InChI is InChI=1S/C12H14IN3O4/c1-14-10(17)6-16(2)12(20)15-9-4-3-7(13)5-8(9)11(18)19/h3-5H,6H2,1-2H3,(H,14,17)(H,15,20)(H,18,19). The van der Waals surface area contributed by atoms with Crippen molar-refractivity contribution in [2.45, 2.75) is 0 Å². The van der Waals surface area contributed by atoms with E-state index >= 15 is 0 Å². The van der Waals surface area contributed by atoms with Gasteiger partial charge in [-0.3, -0.25) is 4.79 Å². The van der Waals surface area contributed by atoms with E-state index in [0.29, 0.717) is 0 Å². The Balaban J connectivity index is 2.85. The molecule has 1 aromatic rings. The number of hydrogen-bond donors (Lipinski definition) is 3. The van der Waals surface area contributed by atoms with Crippen molar-refractivity contribution in [1.82, 2.24) is 10.2 Å². The lowest BCUT2D eigenvalue weighted by atomic mass is 10.2. The maximum Gasteiger partial charge on any atom is 0.337 e. The van der Waals surface area contributed by atoms with E-state index in [-0.39, 0.29) is 23.7 Å². The number of benzene rings is 1. The predicted molar refractivity (Wildman–Crippen MR) is 81.8 cm³/mol. The second kappa shape index (κ2) is 7.08. The number of halogens is 1. The molecule has 0 radical (unpaired) electrons. The van der Waals surface area contributed by atoms with Crippen LogP contribution >= 0.6 is 22.6 Å². The summed E-state index contributed by atoms with van der Waals surface area (Å²) >= 11 is 1.98. The molecule has 3 amide bonds. The molecule has 0 aromatic heterocycles. The van der Waals surface area contributed by atoms with E-state index in [2.05, 4.69) is 10.6 Å². The van der Waals surface area contributed by atoms with Gasteiger partial charge in [0.05, 0.1) is 11.3 Å². The fraction of sp³-hybridized carbons (Fsp3) is 0.250. The third-order valence-corrected chi connectivity index (χ3v) is 3.13. The molecule has 0 heterocycles. The molecule has 3 N–H and O–H groups in total. The molecule has 1 aromatic carbocycles. The minimum atomic E-state index is -1.13. The normalized spacial score (nSPS) is 9.75. The Morgan fingerprint density at radius 2 is 2.00 bits per heavy atom. The number of carboxylic acid groups (broad SMARTS) is 1. The van der Waals surface area contributed by atoms with Gasteiger partial charge in [0.2, 0.25) is 5.91 Å². The van der Waals surface area contributed by atoms with E-state index in [1.807, 2.05) is 22.6 Å². The van der Waals surface area contributed by atoms with Crippen LogP contribution in [-0.4, -0.2) is 48.6 Å². The Bertz CT molecular complexity index is 548. The largest absolute Gasteiger partial charge is 0.478 e. The third-order valence-electron chi connectivity index (χ3n) is 2.46. The summed E-state index contributed by atoms with van der Waals surface area (Å²) in [6.45, 7) is -0.116. The van der Waals surface area contributed by atoms with Gasteiger partial charge in [0, 0.05) is 17.7 Å². The van der Waals surface area contributed by atoms with Crippen molar-refractivity contribution in [2.75, 3.05) is 26.0 Å². The molecular formula is C12H14IN3O4. The van der Waals surface area contributed by atoms with Crippen LogP contribution in [0.4, 0.5) is 10.5 Å². The third kappa shape index (κ3) is 4.37. The molecule has 0 saturated heterocycles. The van der Waals surface area contributed by atoms with Gasteiger partial charge in [0.15, 0.2) is 0 Å². The van der Waals surface area contributed by atoms with Gasteiger partial charge in [-0.05, 0) is 40.8 Å². The molecule has 0 saturated carbocycles. The molecule has 8 heteroatoms. The van der Waals surface area contributed by atoms with E-state index in [0.717, 1.165) is 8.47 Å². The van der Waals surface area contributed by atoms with Gasteiger partial charge in [0.25, 0.3) is 0 Å². The SMILES string of the molecule is CNC(=O)CN(C)C(=O)Nc1ccc(I)cc1C(=O)O. The van der Waals surface area contributed by atoms with E-state index in [1.165, 1.54) is 26.2 Å². The minimum Gasteiger partial charge on any atom is -0.478 e. The fourth-order valence-corrected chi connectivity index (χ4v) is 1.87. The van der Waals surface area contributed by atoms with E-state index in [4.69, 9.17) is 5.11 Å². The Hall–Kier alpha value is -1.84. The lowest BCUT2D eigenvalue weighted by Crippen LogP contribution is -2.39. The molecular weight excluding hydrogens is 377 g/mol. The Morgan fingerprint density at radius 1 is 1.35 bits per heavy atom. The van der Waals surface area contributed by atoms with Crippen molar-refractivity contribution < 1.29 is 19.5 Å². The fourth-order valence-electron chi connectivity index (χ4n) is 1.38. The average molecular weight is 391 g/mol. The first-order valence-corrected chi connectivity index (χ1v) is 6.68. The van der Waals surface area contributed by atoms with Crippen LogP contribution in [0.25, 0.3) is 0 Å². The molecule has 0 atom stereocenters. The minimum absolute atomic E-state index is 0.00130. The van der Waals surface area contributed by atoms with Gasteiger partial charge in [-0.2, -0.15) is 0 Å². The number of urea groups is 1. The van der Waals surface area contributed by atoms with Crippen LogP contribution < -0.4 is 10.6 Å². The van der Waals surface area contributed by atoms with Crippen molar-refractivity contribution >= 4 is 46.2 Å². The number of carbonyl (C=O) groups is 3. The number of rotatable bonds is 4. The van der Waals surface area contributed by atoms with Crippen LogP contribution in [-0.2, 0) is 4.79 Å². The second-order valence-electron chi connectivity index (χ2n) is 3.95. The summed E-state index contributed by atoms with van der Waals surface area (Å²) in [6, 6.07) is 4.09. The van der Waals surface area contributed by atoms with Crippen molar-refractivity contribution in [3.63, 3.8) is 0 Å². The highest BCUT2D eigenvalue weighted by atomic mass is 127. The number of nitrogens with one attached hydrogen (secondary N) is 2. The number of anilines is 1. The highest BCUT2D eigenvalue weighted by molar-refractivity contribution is 14.1. The summed E-state index contributed by atoms with van der Waals surface area (Å²) in [5.74, 6) is -1.45. The number of nitrogens with zero attached hydrogens (tertiary/aromatic N) is 1. The lowest BCUT2D eigenvalue weighted by Gasteiger charge is -2.17. The number of amides is 3. The lowest BCUT2D eigenvalue weighted by molar-refractivity contribution is -0.120. The summed E-state index contributed by atoms with van der Waals surface area (Å²) < 4.78 is 0.747. The van der Waals surface area contributed by atoms with Gasteiger partial charge >= 0.3 is 12.0 Å². The van der Waals surface area contributed by atoms with Gasteiger partial charge in [-0.15, -0.1) is 0 Å². The molecule has 0 fully saturated rings. The van der Waals surface area contributed by atoms with Crippen LogP contribution in [0.3, 0.4) is 0 Å². The first kappa shape index (κ1) is 16.2. The van der Waals surface area contributed by atoms with Crippen LogP contribution in [0.1, 0.15) is 10.4 Å². The van der Waals surface area contributed by atoms with E-state index < -0.39 is 12.0 Å². The zero-order valence-corrected chi connectivity index (χ0v) is 13.1. The first-order valence-electron chi connectivity index (χ1n) is 5.60. The van der Waals surface area contributed by atoms with E-state index in [9.17, 15) is 14.4 Å². The van der Waals surface area contributed by atoms with Gasteiger partial charge in [-0.1, -0.05) is 0 Å². The maximum absolute atomic E-state index is 11.9. The predicted octanol–water partition coefficient (Wildman–Crippen LogP) is 1.20. The number of carbonyl (C=O) groups excluding carboxylic acids is 2. The van der Waals surface area contributed by atoms with Crippen LogP contribution in [0.2, 0.25) is 0 Å². The zero-order valence-electron chi connectivity index (χ0n) is 10.9. The van der Waals surface area contributed by atoms with Gasteiger partial charge in [0.1, 0.15) is 6.54 Å². The molecule has 0 aliphatic heterocycles. The maximum atomic E-state index is 11.9. The molecule has 7 nitrogen and oxygen atoms in total. The van der Waals surface area contributed by atoms with Crippen LogP contribution in [0, 0.1) is 3.57 Å². The highest BCUT2D eigenvalue weighted by Crippen LogP contribution is 2.19. The molecule has 0 aliphatic rings. The first-order chi connectivity index (χ1) is 9.35. The molecule has 0 aliphatic carbocycles. The molecule has 0 unspecified atom stereocenters. The summed E-state index contributed by atoms with van der Waals surface area (Å²) in [5, 5.41) is 14.0. The van der Waals surface area contributed by atoms with Crippen molar-refractivity contribution in [3.8, 4) is 0 Å².